The second-order valence-corrected chi connectivity index (χ2v) is 5.46. The van der Waals surface area contributed by atoms with Crippen LogP contribution in [0.2, 0.25) is 0 Å². The van der Waals surface area contributed by atoms with Crippen molar-refractivity contribution in [3.05, 3.63) is 60.2 Å². The number of carbonyl (C=O) groups excluding carboxylic acids is 1. The fourth-order valence-electron chi connectivity index (χ4n) is 2.50. The fourth-order valence-corrected chi connectivity index (χ4v) is 2.50. The molecule has 0 bridgehead atoms. The van der Waals surface area contributed by atoms with Crippen LogP contribution < -0.4 is 14.8 Å². The van der Waals surface area contributed by atoms with E-state index in [-0.39, 0.29) is 18.6 Å². The number of hydrogen-bond acceptors (Lipinski definition) is 3. The summed E-state index contributed by atoms with van der Waals surface area (Å²) in [4.78, 5) is 12.3. The Morgan fingerprint density at radius 3 is 2.59 bits per heavy atom. The molecule has 22 heavy (non-hydrogen) atoms. The first-order valence-corrected chi connectivity index (χ1v) is 7.45. The van der Waals surface area contributed by atoms with Crippen LogP contribution >= 0.6 is 0 Å². The molecule has 0 aromatic heterocycles. The van der Waals surface area contributed by atoms with Crippen molar-refractivity contribution >= 4 is 5.91 Å². The van der Waals surface area contributed by atoms with E-state index in [0.717, 1.165) is 6.42 Å². The molecule has 3 rings (SSSR count). The first-order chi connectivity index (χ1) is 10.7. The van der Waals surface area contributed by atoms with Gasteiger partial charge in [0, 0.05) is 6.04 Å². The summed E-state index contributed by atoms with van der Waals surface area (Å²) in [6, 6.07) is 17.5. The van der Waals surface area contributed by atoms with Gasteiger partial charge >= 0.3 is 0 Å². The van der Waals surface area contributed by atoms with Crippen LogP contribution in [0.25, 0.3) is 0 Å². The lowest BCUT2D eigenvalue weighted by molar-refractivity contribution is -0.130. The minimum atomic E-state index is -0.604. The molecule has 1 aliphatic rings. The molecule has 0 spiro atoms. The minimum absolute atomic E-state index is 0.0377. The van der Waals surface area contributed by atoms with Crippen molar-refractivity contribution in [2.24, 2.45) is 0 Å². The summed E-state index contributed by atoms with van der Waals surface area (Å²) in [6.07, 6.45) is 0.185. The zero-order valence-electron chi connectivity index (χ0n) is 12.5. The van der Waals surface area contributed by atoms with Crippen LogP contribution in [0.4, 0.5) is 0 Å². The average molecular weight is 297 g/mol. The summed E-state index contributed by atoms with van der Waals surface area (Å²) >= 11 is 0. The molecule has 0 saturated carbocycles. The molecule has 4 heteroatoms. The highest BCUT2D eigenvalue weighted by atomic mass is 16.6. The number of benzene rings is 2. The summed E-state index contributed by atoms with van der Waals surface area (Å²) in [5.41, 5.74) is 1.20. The number of rotatable bonds is 4. The van der Waals surface area contributed by atoms with Crippen molar-refractivity contribution in [1.29, 1.82) is 0 Å². The largest absolute Gasteiger partial charge is 0.485 e. The highest BCUT2D eigenvalue weighted by molar-refractivity contribution is 5.82. The maximum Gasteiger partial charge on any atom is 0.264 e. The number of carbonyl (C=O) groups is 1. The predicted octanol–water partition coefficient (Wildman–Crippen LogP) is 2.57. The quantitative estimate of drug-likeness (QED) is 0.943. The zero-order chi connectivity index (χ0) is 15.4. The summed E-state index contributed by atoms with van der Waals surface area (Å²) < 4.78 is 11.3. The Balaban J connectivity index is 1.56. The predicted molar refractivity (Wildman–Crippen MR) is 84.1 cm³/mol. The Hall–Kier alpha value is -2.49. The lowest BCUT2D eigenvalue weighted by Gasteiger charge is -2.26. The Morgan fingerprint density at radius 2 is 1.82 bits per heavy atom. The Bertz CT molecular complexity index is 642. The van der Waals surface area contributed by atoms with Gasteiger partial charge in [0.05, 0.1) is 0 Å². The fraction of sp³-hybridized carbons (Fsp3) is 0.278. The molecule has 114 valence electrons. The van der Waals surface area contributed by atoms with Gasteiger partial charge in [-0.15, -0.1) is 0 Å². The van der Waals surface area contributed by atoms with Crippen LogP contribution in [0.3, 0.4) is 0 Å². The van der Waals surface area contributed by atoms with Crippen molar-refractivity contribution in [2.45, 2.75) is 25.5 Å². The van der Waals surface area contributed by atoms with E-state index in [1.54, 1.807) is 0 Å². The SMILES string of the molecule is C[C@H](Cc1ccccc1)NC(=O)[C@@H]1COc2ccccc2O1. The lowest BCUT2D eigenvalue weighted by Crippen LogP contribution is -2.47. The number of amides is 1. The molecule has 0 unspecified atom stereocenters. The molecule has 2 atom stereocenters. The number of para-hydroxylation sites is 2. The van der Waals surface area contributed by atoms with Crippen molar-refractivity contribution in [3.8, 4) is 11.5 Å². The standard InChI is InChI=1S/C18H19NO3/c1-13(11-14-7-3-2-4-8-14)19-18(20)17-12-21-15-9-5-6-10-16(15)22-17/h2-10,13,17H,11-12H2,1H3,(H,19,20)/t13-,17+/m1/s1. The first-order valence-electron chi connectivity index (χ1n) is 7.45. The van der Waals surface area contributed by atoms with E-state index in [1.165, 1.54) is 5.56 Å². The van der Waals surface area contributed by atoms with E-state index in [9.17, 15) is 4.79 Å². The second kappa shape index (κ2) is 6.52. The molecule has 1 heterocycles. The third kappa shape index (κ3) is 3.39. The molecular weight excluding hydrogens is 278 g/mol. The summed E-state index contributed by atoms with van der Waals surface area (Å²) in [5, 5.41) is 2.98. The maximum atomic E-state index is 12.3. The van der Waals surface area contributed by atoms with E-state index in [1.807, 2.05) is 49.4 Å². The molecule has 0 aliphatic carbocycles. The first kappa shape index (κ1) is 14.4. The van der Waals surface area contributed by atoms with Crippen molar-refractivity contribution in [3.63, 3.8) is 0 Å². The molecule has 4 nitrogen and oxygen atoms in total. The smallest absolute Gasteiger partial charge is 0.264 e. The third-order valence-electron chi connectivity index (χ3n) is 3.57. The third-order valence-corrected chi connectivity index (χ3v) is 3.57. The highest BCUT2D eigenvalue weighted by Gasteiger charge is 2.27. The molecule has 0 saturated heterocycles. The number of nitrogens with one attached hydrogen (secondary N) is 1. The second-order valence-electron chi connectivity index (χ2n) is 5.46. The van der Waals surface area contributed by atoms with E-state index in [2.05, 4.69) is 17.4 Å². The van der Waals surface area contributed by atoms with Crippen molar-refractivity contribution in [1.82, 2.24) is 5.32 Å². The van der Waals surface area contributed by atoms with Gasteiger partial charge in [0.2, 0.25) is 6.10 Å². The van der Waals surface area contributed by atoms with Crippen LogP contribution in [0.1, 0.15) is 12.5 Å². The van der Waals surface area contributed by atoms with E-state index in [0.29, 0.717) is 11.5 Å². The minimum Gasteiger partial charge on any atom is -0.485 e. The van der Waals surface area contributed by atoms with E-state index < -0.39 is 6.10 Å². The van der Waals surface area contributed by atoms with E-state index in [4.69, 9.17) is 9.47 Å². The normalized spacial score (nSPS) is 17.6. The summed E-state index contributed by atoms with van der Waals surface area (Å²) in [5.74, 6) is 1.16. The van der Waals surface area contributed by atoms with Crippen LogP contribution in [0.5, 0.6) is 11.5 Å². The highest BCUT2D eigenvalue weighted by Crippen LogP contribution is 2.30. The average Bonchev–Trinajstić information content (AvgIpc) is 2.55. The van der Waals surface area contributed by atoms with E-state index >= 15 is 0 Å². The molecular formula is C18H19NO3. The summed E-state index contributed by atoms with van der Waals surface area (Å²) in [6.45, 7) is 2.23. The van der Waals surface area contributed by atoms with Crippen LogP contribution in [-0.4, -0.2) is 24.7 Å². The van der Waals surface area contributed by atoms with Gasteiger partial charge in [0.15, 0.2) is 11.5 Å². The maximum absolute atomic E-state index is 12.3. The van der Waals surface area contributed by atoms with Crippen LogP contribution in [0, 0.1) is 0 Å². The topological polar surface area (TPSA) is 47.6 Å². The van der Waals surface area contributed by atoms with Gasteiger partial charge in [0.25, 0.3) is 5.91 Å². The Labute approximate surface area is 130 Å². The van der Waals surface area contributed by atoms with Gasteiger partial charge in [-0.2, -0.15) is 0 Å². The van der Waals surface area contributed by atoms with Crippen LogP contribution in [-0.2, 0) is 11.2 Å². The number of fused-ring (bicyclic) bond motifs is 1. The van der Waals surface area contributed by atoms with Gasteiger partial charge in [-0.25, -0.2) is 0 Å². The van der Waals surface area contributed by atoms with Gasteiger partial charge in [0.1, 0.15) is 6.61 Å². The van der Waals surface area contributed by atoms with Gasteiger partial charge in [-0.3, -0.25) is 4.79 Å². The Kier molecular flexibility index (Phi) is 4.28. The molecule has 0 radical (unpaired) electrons. The zero-order valence-corrected chi connectivity index (χ0v) is 12.5. The molecule has 2 aromatic carbocycles. The molecule has 1 amide bonds. The molecule has 1 N–H and O–H groups in total. The van der Waals surface area contributed by atoms with Crippen LogP contribution in [0.15, 0.2) is 54.6 Å². The van der Waals surface area contributed by atoms with Gasteiger partial charge in [-0.1, -0.05) is 42.5 Å². The monoisotopic (exact) mass is 297 g/mol. The van der Waals surface area contributed by atoms with Gasteiger partial charge in [-0.05, 0) is 31.0 Å². The molecule has 2 aromatic rings. The van der Waals surface area contributed by atoms with Crippen molar-refractivity contribution < 1.29 is 14.3 Å². The van der Waals surface area contributed by atoms with Crippen molar-refractivity contribution in [2.75, 3.05) is 6.61 Å². The summed E-state index contributed by atoms with van der Waals surface area (Å²) in [7, 11) is 0. The molecule has 1 aliphatic heterocycles. The molecule has 0 fully saturated rings. The Morgan fingerprint density at radius 1 is 1.14 bits per heavy atom. The number of hydrogen-bond donors (Lipinski definition) is 1. The van der Waals surface area contributed by atoms with Gasteiger partial charge < -0.3 is 14.8 Å². The number of ether oxygens (including phenoxy) is 2. The lowest BCUT2D eigenvalue weighted by atomic mass is 10.1.